The molecule has 3 rings (SSSR count). The number of hydrogen-bond donors (Lipinski definition) is 2. The molecular formula is C15H24N2O4. The van der Waals surface area contributed by atoms with Gasteiger partial charge in [0.2, 0.25) is 0 Å². The Kier molecular flexibility index (Phi) is 4.06. The smallest absolute Gasteiger partial charge is 0.320 e. The largest absolute Gasteiger partial charge is 0.481 e. The van der Waals surface area contributed by atoms with Gasteiger partial charge < -0.3 is 20.0 Å². The molecule has 0 saturated carbocycles. The number of likely N-dealkylation sites (tertiary alicyclic amines) is 1. The van der Waals surface area contributed by atoms with Crippen molar-refractivity contribution in [1.82, 2.24) is 9.80 Å². The van der Waals surface area contributed by atoms with E-state index in [0.29, 0.717) is 6.42 Å². The van der Waals surface area contributed by atoms with Crippen molar-refractivity contribution in [1.29, 1.82) is 0 Å². The molecular weight excluding hydrogens is 272 g/mol. The fraction of sp³-hybridized carbons (Fsp3) is 0.867. The number of rotatable bonds is 4. The number of carbonyl (C=O) groups is 2. The van der Waals surface area contributed by atoms with Gasteiger partial charge in [-0.25, -0.2) is 4.79 Å². The minimum Gasteiger partial charge on any atom is -0.481 e. The van der Waals surface area contributed by atoms with Crippen LogP contribution >= 0.6 is 0 Å². The maximum Gasteiger partial charge on any atom is 0.320 e. The second-order valence-electron chi connectivity index (χ2n) is 6.52. The Labute approximate surface area is 124 Å². The Morgan fingerprint density at radius 3 is 2.67 bits per heavy atom. The van der Waals surface area contributed by atoms with E-state index in [0.717, 1.165) is 45.1 Å². The average molecular weight is 296 g/mol. The van der Waals surface area contributed by atoms with Gasteiger partial charge in [0.25, 0.3) is 0 Å². The molecule has 118 valence electrons. The first-order chi connectivity index (χ1) is 10.1. The molecule has 0 radical (unpaired) electrons. The zero-order valence-corrected chi connectivity index (χ0v) is 12.3. The number of aliphatic hydroxyl groups is 1. The highest BCUT2D eigenvalue weighted by Gasteiger charge is 2.52. The van der Waals surface area contributed by atoms with Gasteiger partial charge in [-0.15, -0.1) is 0 Å². The van der Waals surface area contributed by atoms with Gasteiger partial charge in [0, 0.05) is 31.3 Å². The second kappa shape index (κ2) is 5.83. The molecule has 0 aromatic heterocycles. The van der Waals surface area contributed by atoms with Crippen molar-refractivity contribution in [2.45, 2.75) is 63.1 Å². The molecule has 3 fully saturated rings. The van der Waals surface area contributed by atoms with Crippen molar-refractivity contribution in [2.75, 3.05) is 13.2 Å². The van der Waals surface area contributed by atoms with Crippen molar-refractivity contribution in [3.05, 3.63) is 0 Å². The lowest BCUT2D eigenvalue weighted by Crippen LogP contribution is -2.48. The summed E-state index contributed by atoms with van der Waals surface area (Å²) in [4.78, 5) is 27.9. The fourth-order valence-electron chi connectivity index (χ4n) is 4.42. The second-order valence-corrected chi connectivity index (χ2v) is 6.52. The van der Waals surface area contributed by atoms with E-state index in [9.17, 15) is 14.7 Å². The van der Waals surface area contributed by atoms with Gasteiger partial charge in [0.1, 0.15) is 0 Å². The number of aliphatic carboxylic acids is 1. The zero-order valence-electron chi connectivity index (χ0n) is 12.3. The Bertz CT molecular complexity index is 428. The maximum absolute atomic E-state index is 12.8. The molecule has 4 unspecified atom stereocenters. The van der Waals surface area contributed by atoms with Crippen LogP contribution in [0.2, 0.25) is 0 Å². The quantitative estimate of drug-likeness (QED) is 0.819. The van der Waals surface area contributed by atoms with Gasteiger partial charge in [0.05, 0.1) is 5.92 Å². The third-order valence-corrected chi connectivity index (χ3v) is 5.39. The summed E-state index contributed by atoms with van der Waals surface area (Å²) in [6, 6.07) is 0.251. The molecule has 2 amide bonds. The van der Waals surface area contributed by atoms with Crippen LogP contribution in [0.5, 0.6) is 0 Å². The van der Waals surface area contributed by atoms with E-state index in [2.05, 4.69) is 0 Å². The summed E-state index contributed by atoms with van der Waals surface area (Å²) in [7, 11) is 0. The van der Waals surface area contributed by atoms with Crippen LogP contribution in [0.25, 0.3) is 0 Å². The first-order valence-corrected chi connectivity index (χ1v) is 8.06. The van der Waals surface area contributed by atoms with E-state index in [-0.39, 0.29) is 36.7 Å². The van der Waals surface area contributed by atoms with E-state index >= 15 is 0 Å². The molecule has 0 aliphatic carbocycles. The molecule has 21 heavy (non-hydrogen) atoms. The summed E-state index contributed by atoms with van der Waals surface area (Å²) in [5.74, 6) is -1.15. The first kappa shape index (κ1) is 14.6. The molecule has 0 aromatic rings. The standard InChI is InChI=1S/C15H24N2O4/c18-8-2-4-10-3-1-7-16(10)15(21)17-11-5-6-13(17)12(9-11)14(19)20/h10-13,18H,1-9H2,(H,19,20). The number of amides is 2. The molecule has 3 aliphatic heterocycles. The molecule has 4 atom stereocenters. The molecule has 2 bridgehead atoms. The molecule has 0 spiro atoms. The summed E-state index contributed by atoms with van der Waals surface area (Å²) in [6.07, 6.45) is 5.94. The minimum absolute atomic E-state index is 0.0340. The molecule has 6 heteroatoms. The number of nitrogens with zero attached hydrogens (tertiary/aromatic N) is 2. The van der Waals surface area contributed by atoms with Crippen molar-refractivity contribution in [3.8, 4) is 0 Å². The summed E-state index contributed by atoms with van der Waals surface area (Å²) < 4.78 is 0. The van der Waals surface area contributed by atoms with Gasteiger partial charge in [-0.1, -0.05) is 0 Å². The molecule has 6 nitrogen and oxygen atoms in total. The number of carboxylic acids is 1. The highest BCUT2D eigenvalue weighted by Crippen LogP contribution is 2.43. The van der Waals surface area contributed by atoms with Crippen LogP contribution in [0.1, 0.15) is 44.9 Å². The predicted molar refractivity (Wildman–Crippen MR) is 75.8 cm³/mol. The maximum atomic E-state index is 12.8. The van der Waals surface area contributed by atoms with E-state index < -0.39 is 5.97 Å². The molecule has 0 aromatic carbocycles. The van der Waals surface area contributed by atoms with Crippen molar-refractivity contribution < 1.29 is 19.8 Å². The summed E-state index contributed by atoms with van der Waals surface area (Å²) in [5, 5.41) is 18.3. The topological polar surface area (TPSA) is 81.1 Å². The van der Waals surface area contributed by atoms with E-state index in [4.69, 9.17) is 5.11 Å². The Hall–Kier alpha value is -1.30. The summed E-state index contributed by atoms with van der Waals surface area (Å²) in [5.41, 5.74) is 0. The van der Waals surface area contributed by atoms with Gasteiger partial charge in [-0.05, 0) is 44.9 Å². The van der Waals surface area contributed by atoms with Crippen molar-refractivity contribution in [2.24, 2.45) is 5.92 Å². The van der Waals surface area contributed by atoms with Gasteiger partial charge >= 0.3 is 12.0 Å². The van der Waals surface area contributed by atoms with Crippen molar-refractivity contribution in [3.63, 3.8) is 0 Å². The minimum atomic E-state index is -0.766. The van der Waals surface area contributed by atoms with Crippen LogP contribution in [-0.4, -0.2) is 63.3 Å². The molecule has 2 N–H and O–H groups in total. The van der Waals surface area contributed by atoms with Crippen LogP contribution in [-0.2, 0) is 4.79 Å². The van der Waals surface area contributed by atoms with Crippen LogP contribution in [0.4, 0.5) is 4.79 Å². The predicted octanol–water partition coefficient (Wildman–Crippen LogP) is 1.28. The molecule has 3 heterocycles. The Morgan fingerprint density at radius 1 is 1.19 bits per heavy atom. The van der Waals surface area contributed by atoms with Crippen LogP contribution in [0, 0.1) is 5.92 Å². The van der Waals surface area contributed by atoms with E-state index in [1.165, 1.54) is 0 Å². The first-order valence-electron chi connectivity index (χ1n) is 8.06. The number of hydrogen-bond acceptors (Lipinski definition) is 3. The normalized spacial score (nSPS) is 34.7. The van der Waals surface area contributed by atoms with Crippen LogP contribution < -0.4 is 0 Å². The number of carbonyl (C=O) groups excluding carboxylic acids is 1. The Balaban J connectivity index is 1.69. The van der Waals surface area contributed by atoms with Crippen molar-refractivity contribution >= 4 is 12.0 Å². The highest BCUT2D eigenvalue weighted by molar-refractivity contribution is 5.80. The molecule has 3 saturated heterocycles. The number of carboxylic acid groups (broad SMARTS) is 1. The lowest BCUT2D eigenvalue weighted by atomic mass is 9.89. The Morgan fingerprint density at radius 2 is 2.00 bits per heavy atom. The summed E-state index contributed by atoms with van der Waals surface area (Å²) >= 11 is 0. The average Bonchev–Trinajstić information content (AvgIpc) is 3.17. The SMILES string of the molecule is O=C(O)C1CC2CCC1N2C(=O)N1CCCC1CCCO. The fourth-order valence-corrected chi connectivity index (χ4v) is 4.42. The number of fused-ring (bicyclic) bond motifs is 2. The lowest BCUT2D eigenvalue weighted by molar-refractivity contribution is -0.142. The van der Waals surface area contributed by atoms with E-state index in [1.807, 2.05) is 9.80 Å². The lowest BCUT2D eigenvalue weighted by Gasteiger charge is -2.32. The summed E-state index contributed by atoms with van der Waals surface area (Å²) in [6.45, 7) is 0.928. The van der Waals surface area contributed by atoms with Gasteiger partial charge in [0.15, 0.2) is 0 Å². The van der Waals surface area contributed by atoms with Gasteiger partial charge in [-0.3, -0.25) is 4.79 Å². The van der Waals surface area contributed by atoms with Crippen LogP contribution in [0.15, 0.2) is 0 Å². The van der Waals surface area contributed by atoms with E-state index in [1.54, 1.807) is 0 Å². The molecule has 3 aliphatic rings. The number of aliphatic hydroxyl groups excluding tert-OH is 1. The zero-order chi connectivity index (χ0) is 15.0. The van der Waals surface area contributed by atoms with Crippen LogP contribution in [0.3, 0.4) is 0 Å². The van der Waals surface area contributed by atoms with Gasteiger partial charge in [-0.2, -0.15) is 0 Å². The third-order valence-electron chi connectivity index (χ3n) is 5.39. The third kappa shape index (κ3) is 2.50. The monoisotopic (exact) mass is 296 g/mol. The number of urea groups is 1. The highest BCUT2D eigenvalue weighted by atomic mass is 16.4.